The van der Waals surface area contributed by atoms with E-state index in [0.29, 0.717) is 16.7 Å². The fraction of sp³-hybridized carbons (Fsp3) is 0.400. The van der Waals surface area contributed by atoms with Crippen LogP contribution in [-0.4, -0.2) is 54.8 Å². The van der Waals surface area contributed by atoms with E-state index in [0.717, 1.165) is 7.11 Å². The van der Waals surface area contributed by atoms with Crippen molar-refractivity contribution in [3.05, 3.63) is 30.0 Å². The summed E-state index contributed by atoms with van der Waals surface area (Å²) in [7, 11) is 2.52. The van der Waals surface area contributed by atoms with Crippen LogP contribution in [0, 0.1) is 0 Å². The molecule has 29 heavy (non-hydrogen) atoms. The highest BCUT2D eigenvalue weighted by Gasteiger charge is 2.26. The van der Waals surface area contributed by atoms with Crippen molar-refractivity contribution in [1.82, 2.24) is 4.57 Å². The maximum absolute atomic E-state index is 12.7. The number of aromatic nitrogens is 1. The van der Waals surface area contributed by atoms with Crippen LogP contribution in [0.15, 0.2) is 24.4 Å². The van der Waals surface area contributed by atoms with Crippen LogP contribution < -0.4 is 4.74 Å². The topological polar surface area (TPSA) is 110 Å². The SMILES string of the molecule is COCOc1ccc2c(c1)c(C(=O)CC(=O)C(=O)OC)cn2C(=O)OC(C)(C)C. The van der Waals surface area contributed by atoms with Crippen molar-refractivity contribution in [3.63, 3.8) is 0 Å². The Morgan fingerprint density at radius 3 is 2.34 bits per heavy atom. The summed E-state index contributed by atoms with van der Waals surface area (Å²) in [5, 5.41) is 0.368. The van der Waals surface area contributed by atoms with Gasteiger partial charge >= 0.3 is 12.1 Å². The Morgan fingerprint density at radius 2 is 1.76 bits per heavy atom. The minimum Gasteiger partial charge on any atom is -0.468 e. The molecule has 0 aliphatic rings. The number of nitrogens with zero attached hydrogens (tertiary/aromatic N) is 1. The lowest BCUT2D eigenvalue weighted by atomic mass is 10.0. The number of ketones is 2. The van der Waals surface area contributed by atoms with Crippen LogP contribution in [0.25, 0.3) is 10.9 Å². The van der Waals surface area contributed by atoms with Gasteiger partial charge in [-0.3, -0.25) is 14.2 Å². The molecule has 0 saturated heterocycles. The van der Waals surface area contributed by atoms with Gasteiger partial charge in [-0.25, -0.2) is 9.59 Å². The van der Waals surface area contributed by atoms with E-state index in [1.54, 1.807) is 39.0 Å². The largest absolute Gasteiger partial charge is 0.468 e. The van der Waals surface area contributed by atoms with Crippen LogP contribution in [0.5, 0.6) is 5.75 Å². The molecule has 0 bridgehead atoms. The summed E-state index contributed by atoms with van der Waals surface area (Å²) >= 11 is 0. The average molecular weight is 405 g/mol. The van der Waals surface area contributed by atoms with E-state index in [1.807, 2.05) is 0 Å². The highest BCUT2D eigenvalue weighted by Crippen LogP contribution is 2.28. The summed E-state index contributed by atoms with van der Waals surface area (Å²) in [5.41, 5.74) is -0.288. The summed E-state index contributed by atoms with van der Waals surface area (Å²) in [4.78, 5) is 48.4. The number of ether oxygens (including phenoxy) is 4. The van der Waals surface area contributed by atoms with Gasteiger partial charge in [0.15, 0.2) is 12.6 Å². The number of Topliss-reactive ketones (excluding diaryl/α,β-unsaturated/α-hetero) is 2. The molecule has 0 atom stereocenters. The van der Waals surface area contributed by atoms with E-state index >= 15 is 0 Å². The van der Waals surface area contributed by atoms with Crippen LogP contribution in [-0.2, 0) is 23.8 Å². The highest BCUT2D eigenvalue weighted by atomic mass is 16.7. The molecule has 9 heteroatoms. The van der Waals surface area contributed by atoms with E-state index < -0.39 is 35.7 Å². The van der Waals surface area contributed by atoms with Gasteiger partial charge in [-0.05, 0) is 39.0 Å². The molecule has 0 saturated carbocycles. The summed E-state index contributed by atoms with van der Waals surface area (Å²) in [6, 6.07) is 4.74. The van der Waals surface area contributed by atoms with Gasteiger partial charge in [-0.15, -0.1) is 0 Å². The first-order valence-corrected chi connectivity index (χ1v) is 8.72. The lowest BCUT2D eigenvalue weighted by molar-refractivity contribution is -0.151. The van der Waals surface area contributed by atoms with Gasteiger partial charge in [0.1, 0.15) is 11.4 Å². The number of hydrogen-bond acceptors (Lipinski definition) is 8. The van der Waals surface area contributed by atoms with Crippen LogP contribution in [0.2, 0.25) is 0 Å². The molecule has 1 aromatic heterocycles. The zero-order valence-corrected chi connectivity index (χ0v) is 16.9. The average Bonchev–Trinajstić information content (AvgIpc) is 3.03. The van der Waals surface area contributed by atoms with E-state index in [9.17, 15) is 19.2 Å². The number of carbonyl (C=O) groups is 4. The number of benzene rings is 1. The van der Waals surface area contributed by atoms with E-state index in [4.69, 9.17) is 14.2 Å². The molecule has 0 fully saturated rings. The van der Waals surface area contributed by atoms with Crippen LogP contribution in [0.3, 0.4) is 0 Å². The number of carbonyl (C=O) groups excluding carboxylic acids is 4. The van der Waals surface area contributed by atoms with Crippen molar-refractivity contribution in [2.24, 2.45) is 0 Å². The van der Waals surface area contributed by atoms with Crippen molar-refractivity contribution in [2.75, 3.05) is 21.0 Å². The van der Waals surface area contributed by atoms with Crippen LogP contribution in [0.4, 0.5) is 4.79 Å². The minimum absolute atomic E-state index is 0.0115. The van der Waals surface area contributed by atoms with Gasteiger partial charge in [-0.2, -0.15) is 0 Å². The number of methoxy groups -OCH3 is 2. The predicted molar refractivity (Wildman–Crippen MR) is 102 cm³/mol. The summed E-state index contributed by atoms with van der Waals surface area (Å²) in [5.74, 6) is -2.34. The molecule has 0 N–H and O–H groups in total. The molecule has 9 nitrogen and oxygen atoms in total. The fourth-order valence-electron chi connectivity index (χ4n) is 2.54. The number of rotatable bonds is 7. The first-order chi connectivity index (χ1) is 13.6. The highest BCUT2D eigenvalue weighted by molar-refractivity contribution is 6.38. The number of fused-ring (bicyclic) bond motifs is 1. The molecule has 2 aromatic rings. The van der Waals surface area contributed by atoms with Crippen molar-refractivity contribution >= 4 is 34.5 Å². The molecule has 0 radical (unpaired) electrons. The molecule has 0 spiro atoms. The standard InChI is InChI=1S/C20H23NO8/c1-20(2,3)29-19(25)21-10-14(16(22)9-17(23)18(24)27-5)13-8-12(28-11-26-4)6-7-15(13)21/h6-8,10H,9,11H2,1-5H3. The molecular weight excluding hydrogens is 382 g/mol. The molecule has 0 aliphatic heterocycles. The van der Waals surface area contributed by atoms with E-state index in [2.05, 4.69) is 4.74 Å². The van der Waals surface area contributed by atoms with Crippen molar-refractivity contribution < 1.29 is 38.1 Å². The first kappa shape index (κ1) is 22.1. The summed E-state index contributed by atoms with van der Waals surface area (Å²) in [6.45, 7) is 5.14. The summed E-state index contributed by atoms with van der Waals surface area (Å²) in [6.07, 6.45) is -0.0963. The van der Waals surface area contributed by atoms with Gasteiger partial charge in [-0.1, -0.05) is 0 Å². The van der Waals surface area contributed by atoms with Crippen molar-refractivity contribution in [2.45, 2.75) is 32.8 Å². The molecule has 1 heterocycles. The maximum atomic E-state index is 12.7. The third-order valence-electron chi connectivity index (χ3n) is 3.74. The second-order valence-corrected chi connectivity index (χ2v) is 7.14. The monoisotopic (exact) mass is 405 g/mol. The van der Waals surface area contributed by atoms with E-state index in [-0.39, 0.29) is 12.4 Å². The van der Waals surface area contributed by atoms with E-state index in [1.165, 1.54) is 17.9 Å². The Kier molecular flexibility index (Phi) is 6.76. The second kappa shape index (κ2) is 8.87. The minimum atomic E-state index is -1.11. The Balaban J connectivity index is 2.51. The predicted octanol–water partition coefficient (Wildman–Crippen LogP) is 2.72. The Hall–Kier alpha value is -3.20. The molecular formula is C20H23NO8. The van der Waals surface area contributed by atoms with Gasteiger partial charge < -0.3 is 18.9 Å². The van der Waals surface area contributed by atoms with Gasteiger partial charge in [0, 0.05) is 24.3 Å². The third kappa shape index (κ3) is 5.41. The van der Waals surface area contributed by atoms with Crippen molar-refractivity contribution in [1.29, 1.82) is 0 Å². The molecule has 156 valence electrons. The molecule has 0 amide bonds. The van der Waals surface area contributed by atoms with Crippen LogP contribution >= 0.6 is 0 Å². The Morgan fingerprint density at radius 1 is 1.07 bits per heavy atom. The normalized spacial score (nSPS) is 11.2. The second-order valence-electron chi connectivity index (χ2n) is 7.14. The zero-order chi connectivity index (χ0) is 21.8. The third-order valence-corrected chi connectivity index (χ3v) is 3.74. The maximum Gasteiger partial charge on any atom is 0.419 e. The lowest BCUT2D eigenvalue weighted by Gasteiger charge is -2.19. The van der Waals surface area contributed by atoms with Gasteiger partial charge in [0.2, 0.25) is 5.78 Å². The van der Waals surface area contributed by atoms with Gasteiger partial charge in [0.05, 0.1) is 19.0 Å². The first-order valence-electron chi connectivity index (χ1n) is 8.72. The fourth-order valence-corrected chi connectivity index (χ4v) is 2.54. The summed E-state index contributed by atoms with van der Waals surface area (Å²) < 4.78 is 21.1. The quantitative estimate of drug-likeness (QED) is 0.227. The molecule has 0 aliphatic carbocycles. The molecule has 2 rings (SSSR count). The Bertz CT molecular complexity index is 951. The number of esters is 1. The van der Waals surface area contributed by atoms with Crippen LogP contribution in [0.1, 0.15) is 37.6 Å². The van der Waals surface area contributed by atoms with Gasteiger partial charge in [0.25, 0.3) is 0 Å². The Labute approximate surface area is 167 Å². The molecule has 0 unspecified atom stereocenters. The van der Waals surface area contributed by atoms with Crippen molar-refractivity contribution in [3.8, 4) is 5.75 Å². The smallest absolute Gasteiger partial charge is 0.419 e. The zero-order valence-electron chi connectivity index (χ0n) is 16.9. The lowest BCUT2D eigenvalue weighted by Crippen LogP contribution is -2.26. The number of hydrogen-bond donors (Lipinski definition) is 0. The molecule has 1 aromatic carbocycles.